The molecule has 0 saturated carbocycles. The Morgan fingerprint density at radius 3 is 2.10 bits per heavy atom. The number of ether oxygens (including phenoxy) is 1. The van der Waals surface area contributed by atoms with Gasteiger partial charge in [-0.05, 0) is 42.2 Å². The predicted octanol–water partition coefficient (Wildman–Crippen LogP) is 8.77. The van der Waals surface area contributed by atoms with Crippen molar-refractivity contribution >= 4 is 24.2 Å². The van der Waals surface area contributed by atoms with Crippen LogP contribution in [0.3, 0.4) is 0 Å². The zero-order chi connectivity index (χ0) is 30.3. The highest BCUT2D eigenvalue weighted by Crippen LogP contribution is 2.37. The van der Waals surface area contributed by atoms with Gasteiger partial charge in [-0.25, -0.2) is 4.39 Å². The minimum atomic E-state index is -4.57. The van der Waals surface area contributed by atoms with Crippen molar-refractivity contribution in [3.8, 4) is 5.75 Å². The van der Waals surface area contributed by atoms with Crippen LogP contribution in [0, 0.1) is 5.82 Å². The standard InChI is InChI=1S/C33H32ClF4NO2S/c1-22(41-26-17-30(35)28(21-40)31(42)18-26)15-16-39(19-25-13-8-14-29(32(25)34)33(36,37)38)20-27(23-9-4-2-5-10-23)24-11-6-3-7-12-24/h2-14,17-18,22,27,40,42H,15-16,19-21H2,1H3/t22-/m1/s1. The summed E-state index contributed by atoms with van der Waals surface area (Å²) < 4.78 is 61.2. The number of alkyl halides is 3. The summed E-state index contributed by atoms with van der Waals surface area (Å²) in [5.74, 6) is -0.386. The highest BCUT2D eigenvalue weighted by atomic mass is 35.5. The van der Waals surface area contributed by atoms with Gasteiger partial charge in [0.2, 0.25) is 0 Å². The van der Waals surface area contributed by atoms with Gasteiger partial charge in [0.15, 0.2) is 0 Å². The fourth-order valence-corrected chi connectivity index (χ4v) is 5.50. The largest absolute Gasteiger partial charge is 0.491 e. The van der Waals surface area contributed by atoms with Gasteiger partial charge >= 0.3 is 6.18 Å². The van der Waals surface area contributed by atoms with Gasteiger partial charge in [-0.1, -0.05) is 84.4 Å². The lowest BCUT2D eigenvalue weighted by molar-refractivity contribution is -0.137. The quantitative estimate of drug-likeness (QED) is 0.123. The highest BCUT2D eigenvalue weighted by molar-refractivity contribution is 7.80. The number of nitrogens with zero attached hydrogens (tertiary/aromatic N) is 1. The number of thiol groups is 1. The molecule has 0 aliphatic rings. The molecule has 0 radical (unpaired) electrons. The Balaban J connectivity index is 1.60. The average molecular weight is 618 g/mol. The molecular formula is C33H32ClF4NO2S. The molecule has 0 spiro atoms. The molecule has 0 aromatic heterocycles. The minimum Gasteiger partial charge on any atom is -0.491 e. The van der Waals surface area contributed by atoms with E-state index in [4.69, 9.17) is 16.3 Å². The molecule has 0 aliphatic carbocycles. The van der Waals surface area contributed by atoms with E-state index in [1.54, 1.807) is 12.1 Å². The van der Waals surface area contributed by atoms with E-state index in [2.05, 4.69) is 17.5 Å². The number of benzene rings is 4. The van der Waals surface area contributed by atoms with E-state index < -0.39 is 24.2 Å². The molecule has 222 valence electrons. The van der Waals surface area contributed by atoms with Gasteiger partial charge in [0.05, 0.1) is 23.3 Å². The van der Waals surface area contributed by atoms with Crippen LogP contribution >= 0.6 is 24.2 Å². The van der Waals surface area contributed by atoms with Gasteiger partial charge in [0, 0.05) is 42.1 Å². The Hall–Kier alpha value is -3.04. The first kappa shape index (κ1) is 31.9. The summed E-state index contributed by atoms with van der Waals surface area (Å²) in [6.07, 6.45) is -4.43. The van der Waals surface area contributed by atoms with Crippen LogP contribution in [0.1, 0.15) is 47.1 Å². The van der Waals surface area contributed by atoms with Gasteiger partial charge in [-0.15, -0.1) is 12.6 Å². The molecule has 4 aromatic carbocycles. The molecule has 0 aliphatic heterocycles. The zero-order valence-corrected chi connectivity index (χ0v) is 24.6. The number of rotatable bonds is 12. The Bertz CT molecular complexity index is 1390. The lowest BCUT2D eigenvalue weighted by Crippen LogP contribution is -2.32. The number of aliphatic hydroxyl groups is 1. The molecule has 0 bridgehead atoms. The Kier molecular flexibility index (Phi) is 11.0. The van der Waals surface area contributed by atoms with Crippen LogP contribution in [0.15, 0.2) is 95.9 Å². The maximum absolute atomic E-state index is 14.3. The first-order valence-corrected chi connectivity index (χ1v) is 14.3. The Labute approximate surface area is 254 Å². The van der Waals surface area contributed by atoms with Gasteiger partial charge in [0.1, 0.15) is 11.6 Å². The summed E-state index contributed by atoms with van der Waals surface area (Å²) >= 11 is 10.5. The van der Waals surface area contributed by atoms with Gasteiger partial charge < -0.3 is 9.84 Å². The molecule has 1 N–H and O–H groups in total. The molecule has 9 heteroatoms. The number of halogens is 5. The molecule has 1 atom stereocenters. The van der Waals surface area contributed by atoms with E-state index in [-0.39, 0.29) is 39.8 Å². The number of aliphatic hydroxyl groups excluding tert-OH is 1. The second-order valence-corrected chi connectivity index (χ2v) is 11.0. The molecule has 0 amide bonds. The van der Waals surface area contributed by atoms with Crippen LogP contribution in [-0.4, -0.2) is 29.2 Å². The second kappa shape index (κ2) is 14.4. The summed E-state index contributed by atoms with van der Waals surface area (Å²) in [5.41, 5.74) is 1.76. The highest BCUT2D eigenvalue weighted by Gasteiger charge is 2.34. The molecule has 0 fully saturated rings. The lowest BCUT2D eigenvalue weighted by Gasteiger charge is -2.30. The van der Waals surface area contributed by atoms with Gasteiger partial charge in [0.25, 0.3) is 0 Å². The van der Waals surface area contributed by atoms with Crippen molar-refractivity contribution in [3.63, 3.8) is 0 Å². The fourth-order valence-electron chi connectivity index (χ4n) is 4.91. The molecule has 0 saturated heterocycles. The van der Waals surface area contributed by atoms with E-state index in [0.717, 1.165) is 17.2 Å². The predicted molar refractivity (Wildman–Crippen MR) is 161 cm³/mol. The van der Waals surface area contributed by atoms with Crippen LogP contribution < -0.4 is 4.74 Å². The number of hydrogen-bond acceptors (Lipinski definition) is 4. The van der Waals surface area contributed by atoms with Crippen molar-refractivity contribution in [3.05, 3.63) is 130 Å². The lowest BCUT2D eigenvalue weighted by atomic mass is 9.90. The normalized spacial score (nSPS) is 12.6. The topological polar surface area (TPSA) is 32.7 Å². The molecule has 0 unspecified atom stereocenters. The minimum absolute atomic E-state index is 0.0555. The molecule has 4 aromatic rings. The summed E-state index contributed by atoms with van der Waals surface area (Å²) in [6.45, 7) is 2.53. The SMILES string of the molecule is C[C@H](CCN(Cc1cccc(C(F)(F)F)c1Cl)CC(c1ccccc1)c1ccccc1)Oc1cc(F)c(CO)c(S)c1. The Morgan fingerprint density at radius 2 is 1.55 bits per heavy atom. The smallest absolute Gasteiger partial charge is 0.417 e. The fraction of sp³-hybridized carbons (Fsp3) is 0.273. The molecule has 3 nitrogen and oxygen atoms in total. The molecule has 42 heavy (non-hydrogen) atoms. The van der Waals surface area contributed by atoms with E-state index in [9.17, 15) is 22.7 Å². The number of hydrogen-bond donors (Lipinski definition) is 2. The van der Waals surface area contributed by atoms with Crippen LogP contribution in [0.4, 0.5) is 17.6 Å². The third-order valence-corrected chi connectivity index (χ3v) is 7.96. The maximum atomic E-state index is 14.3. The van der Waals surface area contributed by atoms with Crippen LogP contribution in [0.5, 0.6) is 5.75 Å². The monoisotopic (exact) mass is 617 g/mol. The van der Waals surface area contributed by atoms with Crippen LogP contribution in [0.2, 0.25) is 5.02 Å². The van der Waals surface area contributed by atoms with Crippen LogP contribution in [0.25, 0.3) is 0 Å². The molecular weight excluding hydrogens is 586 g/mol. The third kappa shape index (κ3) is 8.28. The molecule has 4 rings (SSSR count). The van der Waals surface area contributed by atoms with Crippen molar-refractivity contribution in [2.75, 3.05) is 13.1 Å². The summed E-state index contributed by atoms with van der Waals surface area (Å²) in [6, 6.07) is 26.6. The van der Waals surface area contributed by atoms with Crippen molar-refractivity contribution in [1.29, 1.82) is 0 Å². The van der Waals surface area contributed by atoms with Crippen molar-refractivity contribution < 1.29 is 27.4 Å². The first-order chi connectivity index (χ1) is 20.1. The van der Waals surface area contributed by atoms with E-state index in [1.165, 1.54) is 12.1 Å². The Morgan fingerprint density at radius 1 is 0.929 bits per heavy atom. The zero-order valence-electron chi connectivity index (χ0n) is 23.0. The molecule has 0 heterocycles. The van der Waals surface area contributed by atoms with E-state index in [1.807, 2.05) is 67.6 Å². The summed E-state index contributed by atoms with van der Waals surface area (Å²) in [7, 11) is 0. The van der Waals surface area contributed by atoms with Crippen molar-refractivity contribution in [1.82, 2.24) is 4.90 Å². The average Bonchev–Trinajstić information content (AvgIpc) is 2.95. The second-order valence-electron chi connectivity index (χ2n) is 10.2. The van der Waals surface area contributed by atoms with Crippen molar-refractivity contribution in [2.24, 2.45) is 0 Å². The van der Waals surface area contributed by atoms with E-state index >= 15 is 0 Å². The van der Waals surface area contributed by atoms with Gasteiger partial charge in [-0.3, -0.25) is 4.90 Å². The third-order valence-electron chi connectivity index (χ3n) is 7.12. The summed E-state index contributed by atoms with van der Waals surface area (Å²) in [4.78, 5) is 2.36. The maximum Gasteiger partial charge on any atom is 0.417 e. The van der Waals surface area contributed by atoms with Crippen LogP contribution in [-0.2, 0) is 19.3 Å². The summed E-state index contributed by atoms with van der Waals surface area (Å²) in [5, 5.41) is 9.04. The van der Waals surface area contributed by atoms with E-state index in [0.29, 0.717) is 25.1 Å². The first-order valence-electron chi connectivity index (χ1n) is 13.5. The van der Waals surface area contributed by atoms with Crippen molar-refractivity contribution in [2.45, 2.75) is 49.6 Å². The van der Waals surface area contributed by atoms with Gasteiger partial charge in [-0.2, -0.15) is 13.2 Å².